The first-order valence-electron chi connectivity index (χ1n) is 5.96. The lowest BCUT2D eigenvalue weighted by Crippen LogP contribution is -2.27. The highest BCUT2D eigenvalue weighted by Gasteiger charge is 2.17. The fraction of sp³-hybridized carbons (Fsp3) is 0.667. The quantitative estimate of drug-likeness (QED) is 0.762. The van der Waals surface area contributed by atoms with Crippen molar-refractivity contribution >= 4 is 0 Å². The monoisotopic (exact) mass is 221 g/mol. The van der Waals surface area contributed by atoms with Crippen LogP contribution in [0.3, 0.4) is 0 Å². The smallest absolute Gasteiger partial charge is 0.219 e. The van der Waals surface area contributed by atoms with Crippen LogP contribution in [0, 0.1) is 0 Å². The fourth-order valence-electron chi connectivity index (χ4n) is 1.95. The maximum atomic E-state index is 5.69. The SMILES string of the molecule is CC(C)NCCOc1ncnc2c1CCC2. The average molecular weight is 221 g/mol. The number of fused-ring (bicyclic) bond motifs is 1. The summed E-state index contributed by atoms with van der Waals surface area (Å²) >= 11 is 0. The Morgan fingerprint density at radius 3 is 3.06 bits per heavy atom. The molecule has 0 fully saturated rings. The van der Waals surface area contributed by atoms with Gasteiger partial charge in [-0.2, -0.15) is 0 Å². The molecule has 0 bridgehead atoms. The molecule has 0 aromatic carbocycles. The van der Waals surface area contributed by atoms with E-state index in [4.69, 9.17) is 4.74 Å². The molecular weight excluding hydrogens is 202 g/mol. The number of hydrogen-bond acceptors (Lipinski definition) is 4. The Morgan fingerprint density at radius 2 is 2.25 bits per heavy atom. The molecule has 0 radical (unpaired) electrons. The van der Waals surface area contributed by atoms with Crippen LogP contribution in [0.25, 0.3) is 0 Å². The maximum Gasteiger partial charge on any atom is 0.219 e. The number of nitrogens with zero attached hydrogens (tertiary/aromatic N) is 2. The standard InChI is InChI=1S/C12H19N3O/c1-9(2)13-6-7-16-12-10-4-3-5-11(10)14-8-15-12/h8-9,13H,3-7H2,1-2H3. The minimum absolute atomic E-state index is 0.500. The zero-order valence-corrected chi connectivity index (χ0v) is 9.99. The highest BCUT2D eigenvalue weighted by atomic mass is 16.5. The van der Waals surface area contributed by atoms with Gasteiger partial charge in [-0.25, -0.2) is 9.97 Å². The Labute approximate surface area is 96.4 Å². The van der Waals surface area contributed by atoms with Crippen LogP contribution in [0.15, 0.2) is 6.33 Å². The molecule has 0 atom stereocenters. The van der Waals surface area contributed by atoms with E-state index in [9.17, 15) is 0 Å². The maximum absolute atomic E-state index is 5.69. The normalized spacial score (nSPS) is 14.2. The molecule has 4 nitrogen and oxygen atoms in total. The third-order valence-corrected chi connectivity index (χ3v) is 2.73. The summed E-state index contributed by atoms with van der Waals surface area (Å²) in [6.45, 7) is 5.78. The zero-order valence-electron chi connectivity index (χ0n) is 9.99. The molecule has 16 heavy (non-hydrogen) atoms. The van der Waals surface area contributed by atoms with Gasteiger partial charge in [0.1, 0.15) is 12.9 Å². The summed E-state index contributed by atoms with van der Waals surface area (Å²) in [7, 11) is 0. The van der Waals surface area contributed by atoms with E-state index < -0.39 is 0 Å². The molecule has 2 rings (SSSR count). The Morgan fingerprint density at radius 1 is 1.38 bits per heavy atom. The average Bonchev–Trinajstić information content (AvgIpc) is 2.72. The van der Waals surface area contributed by atoms with Crippen molar-refractivity contribution in [3.63, 3.8) is 0 Å². The first-order valence-corrected chi connectivity index (χ1v) is 5.96. The number of rotatable bonds is 5. The summed E-state index contributed by atoms with van der Waals surface area (Å²) < 4.78 is 5.69. The van der Waals surface area contributed by atoms with Crippen LogP contribution in [-0.4, -0.2) is 29.2 Å². The van der Waals surface area contributed by atoms with Crippen LogP contribution >= 0.6 is 0 Å². The van der Waals surface area contributed by atoms with Crippen molar-refractivity contribution in [3.8, 4) is 5.88 Å². The second-order valence-corrected chi connectivity index (χ2v) is 4.41. The molecule has 0 saturated carbocycles. The van der Waals surface area contributed by atoms with Gasteiger partial charge in [-0.3, -0.25) is 0 Å². The lowest BCUT2D eigenvalue weighted by molar-refractivity contribution is 0.294. The summed E-state index contributed by atoms with van der Waals surface area (Å²) in [5.41, 5.74) is 2.38. The zero-order chi connectivity index (χ0) is 11.4. The number of ether oxygens (including phenoxy) is 1. The van der Waals surface area contributed by atoms with Gasteiger partial charge in [0.2, 0.25) is 5.88 Å². The summed E-state index contributed by atoms with van der Waals surface area (Å²) in [5, 5.41) is 3.32. The number of aromatic nitrogens is 2. The fourth-order valence-corrected chi connectivity index (χ4v) is 1.95. The molecule has 0 unspecified atom stereocenters. The first kappa shape index (κ1) is 11.3. The molecule has 0 spiro atoms. The van der Waals surface area contributed by atoms with Crippen molar-refractivity contribution in [2.24, 2.45) is 0 Å². The van der Waals surface area contributed by atoms with Crippen LogP contribution in [0.1, 0.15) is 31.5 Å². The largest absolute Gasteiger partial charge is 0.476 e. The molecule has 1 aromatic rings. The Hall–Kier alpha value is -1.16. The predicted molar refractivity (Wildman–Crippen MR) is 62.7 cm³/mol. The van der Waals surface area contributed by atoms with Gasteiger partial charge in [0, 0.05) is 18.2 Å². The van der Waals surface area contributed by atoms with Crippen molar-refractivity contribution in [2.45, 2.75) is 39.2 Å². The molecule has 4 heteroatoms. The van der Waals surface area contributed by atoms with E-state index in [1.54, 1.807) is 6.33 Å². The lowest BCUT2D eigenvalue weighted by atomic mass is 10.2. The van der Waals surface area contributed by atoms with Crippen molar-refractivity contribution < 1.29 is 4.74 Å². The minimum atomic E-state index is 0.500. The van der Waals surface area contributed by atoms with Gasteiger partial charge in [0.15, 0.2) is 0 Å². The van der Waals surface area contributed by atoms with Gasteiger partial charge >= 0.3 is 0 Å². The summed E-state index contributed by atoms with van der Waals surface area (Å²) in [6, 6.07) is 0.500. The Bertz CT molecular complexity index is 352. The predicted octanol–water partition coefficient (Wildman–Crippen LogP) is 1.34. The van der Waals surface area contributed by atoms with Crippen LogP contribution in [0.4, 0.5) is 0 Å². The summed E-state index contributed by atoms with van der Waals surface area (Å²) in [4.78, 5) is 8.48. The molecule has 1 aliphatic carbocycles. The van der Waals surface area contributed by atoms with Gasteiger partial charge in [-0.1, -0.05) is 13.8 Å². The van der Waals surface area contributed by atoms with Crippen LogP contribution in [-0.2, 0) is 12.8 Å². The number of hydrogen-bond donors (Lipinski definition) is 1. The molecule has 88 valence electrons. The molecule has 1 N–H and O–H groups in total. The van der Waals surface area contributed by atoms with Crippen LogP contribution < -0.4 is 10.1 Å². The summed E-state index contributed by atoms with van der Waals surface area (Å²) in [6.07, 6.45) is 4.91. The highest BCUT2D eigenvalue weighted by Crippen LogP contribution is 2.26. The van der Waals surface area contributed by atoms with E-state index in [2.05, 4.69) is 29.1 Å². The van der Waals surface area contributed by atoms with Gasteiger partial charge in [0.05, 0.1) is 5.69 Å². The third kappa shape index (κ3) is 2.70. The number of aryl methyl sites for hydroxylation is 1. The van der Waals surface area contributed by atoms with E-state index in [1.807, 2.05) is 0 Å². The number of nitrogens with one attached hydrogen (secondary N) is 1. The van der Waals surface area contributed by atoms with E-state index in [0.717, 1.165) is 25.3 Å². The van der Waals surface area contributed by atoms with E-state index >= 15 is 0 Å². The van der Waals surface area contributed by atoms with E-state index in [-0.39, 0.29) is 0 Å². The molecular formula is C12H19N3O. The van der Waals surface area contributed by atoms with Gasteiger partial charge in [0.25, 0.3) is 0 Å². The van der Waals surface area contributed by atoms with Crippen LogP contribution in [0.2, 0.25) is 0 Å². The van der Waals surface area contributed by atoms with Crippen LogP contribution in [0.5, 0.6) is 5.88 Å². The second-order valence-electron chi connectivity index (χ2n) is 4.41. The van der Waals surface area contributed by atoms with Crippen molar-refractivity contribution in [1.29, 1.82) is 0 Å². The van der Waals surface area contributed by atoms with Crippen molar-refractivity contribution in [1.82, 2.24) is 15.3 Å². The lowest BCUT2D eigenvalue weighted by Gasteiger charge is -2.11. The minimum Gasteiger partial charge on any atom is -0.476 e. The van der Waals surface area contributed by atoms with E-state index in [0.29, 0.717) is 12.6 Å². The molecule has 0 amide bonds. The second kappa shape index (κ2) is 5.25. The Kier molecular flexibility index (Phi) is 3.72. The molecule has 0 aliphatic heterocycles. The van der Waals surface area contributed by atoms with Gasteiger partial charge < -0.3 is 10.1 Å². The molecule has 1 heterocycles. The van der Waals surface area contributed by atoms with Crippen molar-refractivity contribution in [3.05, 3.63) is 17.6 Å². The van der Waals surface area contributed by atoms with Crippen molar-refractivity contribution in [2.75, 3.05) is 13.2 Å². The van der Waals surface area contributed by atoms with E-state index in [1.165, 1.54) is 17.7 Å². The summed E-state index contributed by atoms with van der Waals surface area (Å²) in [5.74, 6) is 0.785. The molecule has 1 aliphatic rings. The molecule has 0 saturated heterocycles. The highest BCUT2D eigenvalue weighted by molar-refractivity contribution is 5.33. The third-order valence-electron chi connectivity index (χ3n) is 2.73. The van der Waals surface area contributed by atoms with Gasteiger partial charge in [-0.05, 0) is 19.3 Å². The first-order chi connectivity index (χ1) is 7.77. The topological polar surface area (TPSA) is 47.0 Å². The molecule has 1 aromatic heterocycles. The Balaban J connectivity index is 1.88. The van der Waals surface area contributed by atoms with Gasteiger partial charge in [-0.15, -0.1) is 0 Å².